The lowest BCUT2D eigenvalue weighted by molar-refractivity contribution is 0.397. The first-order valence-corrected chi connectivity index (χ1v) is 11.7. The van der Waals surface area contributed by atoms with Crippen LogP contribution in [0.25, 0.3) is 33.1 Å². The molecule has 4 heterocycles. The maximum absolute atomic E-state index is 5.26. The number of fused-ring (bicyclic) bond motifs is 2. The van der Waals surface area contributed by atoms with E-state index < -0.39 is 0 Å². The molecule has 0 aliphatic heterocycles. The molecule has 176 valence electrons. The van der Waals surface area contributed by atoms with Crippen LogP contribution in [0.2, 0.25) is 0 Å². The number of anilines is 1. The van der Waals surface area contributed by atoms with Crippen molar-refractivity contribution in [2.45, 2.75) is 6.04 Å². The summed E-state index contributed by atoms with van der Waals surface area (Å²) in [7, 11) is 3.67. The minimum absolute atomic E-state index is 0.172. The van der Waals surface area contributed by atoms with Crippen molar-refractivity contribution >= 4 is 27.6 Å². The normalized spacial score (nSPS) is 12.1. The van der Waals surface area contributed by atoms with Gasteiger partial charge in [-0.25, -0.2) is 4.98 Å². The summed E-state index contributed by atoms with van der Waals surface area (Å²) in [6.07, 6.45) is 11.0. The van der Waals surface area contributed by atoms with Crippen molar-refractivity contribution in [2.24, 2.45) is 7.05 Å². The van der Waals surface area contributed by atoms with Gasteiger partial charge in [0.2, 0.25) is 5.88 Å². The predicted octanol–water partition coefficient (Wildman–Crippen LogP) is 5.79. The van der Waals surface area contributed by atoms with E-state index in [4.69, 9.17) is 4.74 Å². The topological polar surface area (TPSA) is 77.8 Å². The van der Waals surface area contributed by atoms with Crippen LogP contribution in [0.3, 0.4) is 0 Å². The number of aromatic nitrogens is 5. The van der Waals surface area contributed by atoms with Crippen LogP contribution in [0, 0.1) is 0 Å². The molecule has 1 atom stereocenters. The monoisotopic (exact) mass is 472 g/mol. The van der Waals surface area contributed by atoms with Gasteiger partial charge in [0.25, 0.3) is 0 Å². The quantitative estimate of drug-likeness (QED) is 0.331. The fourth-order valence-corrected chi connectivity index (χ4v) is 4.56. The minimum Gasteiger partial charge on any atom is -0.481 e. The Morgan fingerprint density at radius 3 is 2.56 bits per heavy atom. The van der Waals surface area contributed by atoms with Crippen molar-refractivity contribution in [3.63, 3.8) is 0 Å². The average Bonchev–Trinajstić information content (AvgIpc) is 3.31. The Hall–Kier alpha value is -4.78. The van der Waals surface area contributed by atoms with Gasteiger partial charge < -0.3 is 14.6 Å². The molecule has 0 aliphatic rings. The highest BCUT2D eigenvalue weighted by Crippen LogP contribution is 2.34. The van der Waals surface area contributed by atoms with Crippen molar-refractivity contribution < 1.29 is 4.74 Å². The molecule has 7 nitrogen and oxygen atoms in total. The predicted molar refractivity (Wildman–Crippen MR) is 142 cm³/mol. The number of hydrogen-bond acceptors (Lipinski definition) is 6. The Kier molecular flexibility index (Phi) is 5.50. The van der Waals surface area contributed by atoms with Crippen molar-refractivity contribution in [3.05, 3.63) is 109 Å². The number of rotatable bonds is 6. The average molecular weight is 473 g/mol. The summed E-state index contributed by atoms with van der Waals surface area (Å²) >= 11 is 0. The number of ether oxygens (including phenoxy) is 1. The highest BCUT2D eigenvalue weighted by Gasteiger charge is 2.17. The third-order valence-corrected chi connectivity index (χ3v) is 6.40. The molecule has 2 aromatic carbocycles. The van der Waals surface area contributed by atoms with Gasteiger partial charge in [0.15, 0.2) is 0 Å². The molecule has 0 saturated carbocycles. The Labute approximate surface area is 208 Å². The maximum Gasteiger partial charge on any atom is 0.212 e. The first kappa shape index (κ1) is 21.7. The van der Waals surface area contributed by atoms with Crippen LogP contribution in [0.1, 0.15) is 17.2 Å². The Morgan fingerprint density at radius 2 is 1.75 bits per heavy atom. The van der Waals surface area contributed by atoms with Crippen molar-refractivity contribution in [2.75, 3.05) is 12.4 Å². The second-order valence-electron chi connectivity index (χ2n) is 8.65. The van der Waals surface area contributed by atoms with E-state index >= 15 is 0 Å². The number of nitrogens with zero attached hydrogens (tertiary/aromatic N) is 5. The van der Waals surface area contributed by atoms with Gasteiger partial charge in [0.1, 0.15) is 0 Å². The smallest absolute Gasteiger partial charge is 0.212 e. The molecule has 6 rings (SSSR count). The zero-order valence-electron chi connectivity index (χ0n) is 20.0. The van der Waals surface area contributed by atoms with Crippen LogP contribution in [-0.4, -0.2) is 31.6 Å². The summed E-state index contributed by atoms with van der Waals surface area (Å²) in [5.41, 5.74) is 7.90. The first-order chi connectivity index (χ1) is 17.7. The Balaban J connectivity index is 1.48. The molecular formula is C29H24N6O. The number of aryl methyl sites for hydroxylation is 1. The number of pyridine rings is 2. The van der Waals surface area contributed by atoms with Gasteiger partial charge in [-0.15, -0.1) is 0 Å². The van der Waals surface area contributed by atoms with Gasteiger partial charge in [-0.05, 0) is 58.5 Å². The molecule has 0 spiro atoms. The summed E-state index contributed by atoms with van der Waals surface area (Å²) in [5, 5.41) is 4.90. The third kappa shape index (κ3) is 4.01. The summed E-state index contributed by atoms with van der Waals surface area (Å²) in [5.74, 6) is 0.572. The van der Waals surface area contributed by atoms with Crippen LogP contribution in [0.4, 0.5) is 5.69 Å². The zero-order valence-corrected chi connectivity index (χ0v) is 20.0. The second-order valence-corrected chi connectivity index (χ2v) is 8.65. The van der Waals surface area contributed by atoms with Crippen molar-refractivity contribution in [3.8, 4) is 17.0 Å². The van der Waals surface area contributed by atoms with E-state index in [1.54, 1.807) is 25.7 Å². The minimum atomic E-state index is -0.172. The van der Waals surface area contributed by atoms with E-state index in [0.29, 0.717) is 5.88 Å². The summed E-state index contributed by atoms with van der Waals surface area (Å²) in [6.45, 7) is 0. The Bertz CT molecular complexity index is 1660. The number of benzene rings is 2. The number of nitrogens with one attached hydrogen (secondary N) is 1. The molecular weight excluding hydrogens is 448 g/mol. The molecule has 0 aliphatic carbocycles. The summed E-state index contributed by atoms with van der Waals surface area (Å²) in [4.78, 5) is 18.1. The van der Waals surface area contributed by atoms with Crippen LogP contribution in [0.15, 0.2) is 97.8 Å². The van der Waals surface area contributed by atoms with E-state index in [0.717, 1.165) is 39.0 Å². The van der Waals surface area contributed by atoms with Crippen LogP contribution < -0.4 is 10.1 Å². The molecule has 0 radical (unpaired) electrons. The van der Waals surface area contributed by atoms with Crippen LogP contribution in [0.5, 0.6) is 5.88 Å². The standard InChI is InChI=1S/C29H24N6O/c1-35-13-9-19-5-6-20(14-26(19)35)24-15-23(16-25-29(24)32-12-11-31-25)34-28(21-4-3-10-30-17-21)22-7-8-27(36-2)33-18-22/h3-18,28,34H,1-2H3. The van der Waals surface area contributed by atoms with Crippen LogP contribution in [-0.2, 0) is 7.05 Å². The highest BCUT2D eigenvalue weighted by molar-refractivity contribution is 5.97. The number of methoxy groups -OCH3 is 1. The van der Waals surface area contributed by atoms with E-state index in [-0.39, 0.29) is 6.04 Å². The van der Waals surface area contributed by atoms with E-state index in [9.17, 15) is 0 Å². The van der Waals surface area contributed by atoms with Crippen molar-refractivity contribution in [1.29, 1.82) is 0 Å². The zero-order chi connectivity index (χ0) is 24.5. The van der Waals surface area contributed by atoms with Crippen molar-refractivity contribution in [1.82, 2.24) is 24.5 Å². The molecule has 36 heavy (non-hydrogen) atoms. The summed E-state index contributed by atoms with van der Waals surface area (Å²) in [6, 6.07) is 20.5. The van der Waals surface area contributed by atoms with Gasteiger partial charge in [-0.1, -0.05) is 18.2 Å². The lowest BCUT2D eigenvalue weighted by Crippen LogP contribution is -2.13. The van der Waals surface area contributed by atoms with Gasteiger partial charge in [-0.3, -0.25) is 15.0 Å². The maximum atomic E-state index is 5.26. The Morgan fingerprint density at radius 1 is 0.861 bits per heavy atom. The van der Waals surface area contributed by atoms with Gasteiger partial charge >= 0.3 is 0 Å². The van der Waals surface area contributed by atoms with E-state index in [2.05, 4.69) is 79.5 Å². The summed E-state index contributed by atoms with van der Waals surface area (Å²) < 4.78 is 7.39. The molecule has 1 unspecified atom stereocenters. The van der Waals surface area contributed by atoms with Crippen LogP contribution >= 0.6 is 0 Å². The first-order valence-electron chi connectivity index (χ1n) is 11.7. The largest absolute Gasteiger partial charge is 0.481 e. The van der Waals surface area contributed by atoms with Gasteiger partial charge in [0.05, 0.1) is 24.2 Å². The lowest BCUT2D eigenvalue weighted by Gasteiger charge is -2.21. The fraction of sp³-hybridized carbons (Fsp3) is 0.103. The van der Waals surface area contributed by atoms with Gasteiger partial charge in [-0.2, -0.15) is 0 Å². The van der Waals surface area contributed by atoms with E-state index in [1.165, 1.54) is 10.9 Å². The molecule has 0 amide bonds. The second kappa shape index (κ2) is 9.11. The van der Waals surface area contributed by atoms with E-state index in [1.807, 2.05) is 36.7 Å². The molecule has 4 aromatic heterocycles. The van der Waals surface area contributed by atoms with Gasteiger partial charge in [0, 0.05) is 67.1 Å². The number of hydrogen-bond donors (Lipinski definition) is 1. The molecule has 0 bridgehead atoms. The molecule has 7 heteroatoms. The highest BCUT2D eigenvalue weighted by atomic mass is 16.5. The molecule has 1 N–H and O–H groups in total. The SMILES string of the molecule is COc1ccc(C(Nc2cc(-c3ccc4ccn(C)c4c3)c3nccnc3c2)c2cccnc2)cn1. The third-order valence-electron chi connectivity index (χ3n) is 6.40. The fourth-order valence-electron chi connectivity index (χ4n) is 4.56. The molecule has 6 aromatic rings. The molecule has 0 fully saturated rings. The lowest BCUT2D eigenvalue weighted by atomic mass is 9.99. The molecule has 0 saturated heterocycles.